The zero-order valence-electron chi connectivity index (χ0n) is 20.5. The van der Waals surface area contributed by atoms with Gasteiger partial charge in [-0.2, -0.15) is 16.8 Å². The summed E-state index contributed by atoms with van der Waals surface area (Å²) in [5, 5.41) is 0. The Kier molecular flexibility index (Phi) is 5.45. The number of benzene rings is 4. The van der Waals surface area contributed by atoms with E-state index < -0.39 is 20.2 Å². The fourth-order valence-electron chi connectivity index (χ4n) is 5.90. The van der Waals surface area contributed by atoms with Crippen LogP contribution >= 0.6 is 0 Å². The van der Waals surface area contributed by atoms with Gasteiger partial charge in [-0.25, -0.2) is 0 Å². The van der Waals surface area contributed by atoms with E-state index in [2.05, 4.69) is 0 Å². The second kappa shape index (κ2) is 8.40. The van der Waals surface area contributed by atoms with Gasteiger partial charge in [-0.1, -0.05) is 48.5 Å². The van der Waals surface area contributed by atoms with E-state index in [4.69, 9.17) is 0 Å². The summed E-state index contributed by atoms with van der Waals surface area (Å²) in [5.74, 6) is -0.531. The third kappa shape index (κ3) is 3.71. The summed E-state index contributed by atoms with van der Waals surface area (Å²) < 4.78 is 67.5. The van der Waals surface area contributed by atoms with Gasteiger partial charge in [0.05, 0.1) is 9.79 Å². The molecule has 4 aromatic rings. The molecule has 38 heavy (non-hydrogen) atoms. The van der Waals surface area contributed by atoms with Crippen LogP contribution in [0.5, 0.6) is 0 Å². The molecule has 4 aromatic carbocycles. The van der Waals surface area contributed by atoms with Gasteiger partial charge in [0.15, 0.2) is 0 Å². The molecule has 194 valence electrons. The van der Waals surface area contributed by atoms with Gasteiger partial charge in [0, 0.05) is 48.7 Å². The van der Waals surface area contributed by atoms with Gasteiger partial charge in [-0.05, 0) is 58.7 Å². The second-order valence-corrected chi connectivity index (χ2v) is 12.4. The Morgan fingerprint density at radius 2 is 0.868 bits per heavy atom. The molecular weight excluding hydrogens is 524 g/mol. The van der Waals surface area contributed by atoms with Crippen molar-refractivity contribution >= 4 is 43.0 Å². The smallest absolute Gasteiger partial charge is 0.294 e. The summed E-state index contributed by atoms with van der Waals surface area (Å²) in [6.07, 6.45) is 0. The van der Waals surface area contributed by atoms with Crippen LogP contribution in [-0.2, 0) is 20.2 Å². The van der Waals surface area contributed by atoms with E-state index in [1.807, 2.05) is 72.4 Å². The third-order valence-corrected chi connectivity index (χ3v) is 9.29. The van der Waals surface area contributed by atoms with Crippen molar-refractivity contribution in [2.24, 2.45) is 0 Å². The Bertz CT molecular complexity index is 1700. The maximum Gasteiger partial charge on any atom is 0.294 e. The number of hydrogen-bond donors (Lipinski definition) is 2. The number of para-hydroxylation sites is 2. The SMILES string of the molecule is CN1c2ccccc2C(C2c3ccccc3N(C)c3cc(S(=O)(=O)O)ccc32)c2ccc(S(=O)(=O)O)cc21. The Balaban J connectivity index is 1.67. The number of nitrogens with zero attached hydrogens (tertiary/aromatic N) is 2. The first kappa shape index (κ1) is 24.6. The molecule has 8 nitrogen and oxygen atoms in total. The molecule has 2 heterocycles. The molecule has 2 N–H and O–H groups in total. The number of rotatable bonds is 3. The lowest BCUT2D eigenvalue weighted by Gasteiger charge is -2.43. The summed E-state index contributed by atoms with van der Waals surface area (Å²) in [4.78, 5) is 3.45. The first-order valence-corrected chi connectivity index (χ1v) is 14.7. The Morgan fingerprint density at radius 1 is 0.526 bits per heavy atom. The van der Waals surface area contributed by atoms with E-state index in [1.165, 1.54) is 24.3 Å². The normalized spacial score (nSPS) is 18.3. The fourth-order valence-corrected chi connectivity index (χ4v) is 6.90. The minimum Gasteiger partial charge on any atom is -0.344 e. The van der Waals surface area contributed by atoms with E-state index >= 15 is 0 Å². The first-order valence-electron chi connectivity index (χ1n) is 11.8. The molecule has 0 aromatic heterocycles. The van der Waals surface area contributed by atoms with Gasteiger partial charge in [0.1, 0.15) is 0 Å². The Hall–Kier alpha value is -3.70. The maximum absolute atomic E-state index is 12.0. The molecule has 2 unspecified atom stereocenters. The molecule has 2 aliphatic rings. The summed E-state index contributed by atoms with van der Waals surface area (Å²) in [6.45, 7) is 0. The molecule has 2 aliphatic heterocycles. The Labute approximate surface area is 221 Å². The molecule has 0 bridgehead atoms. The van der Waals surface area contributed by atoms with Crippen molar-refractivity contribution in [2.45, 2.75) is 21.6 Å². The number of anilines is 4. The van der Waals surface area contributed by atoms with Crippen LogP contribution in [0.25, 0.3) is 0 Å². The molecule has 0 spiro atoms. The summed E-state index contributed by atoms with van der Waals surface area (Å²) in [5.41, 5.74) is 6.87. The third-order valence-electron chi connectivity index (χ3n) is 7.59. The minimum absolute atomic E-state index is 0.191. The van der Waals surface area contributed by atoms with Crippen LogP contribution < -0.4 is 9.80 Å². The highest BCUT2D eigenvalue weighted by Crippen LogP contribution is 2.57. The molecule has 6 rings (SSSR count). The number of hydrogen-bond acceptors (Lipinski definition) is 6. The van der Waals surface area contributed by atoms with Crippen molar-refractivity contribution in [3.05, 3.63) is 107 Å². The van der Waals surface area contributed by atoms with Gasteiger partial charge in [-0.3, -0.25) is 9.11 Å². The molecule has 0 amide bonds. The van der Waals surface area contributed by atoms with Crippen molar-refractivity contribution < 1.29 is 25.9 Å². The topological polar surface area (TPSA) is 115 Å². The highest BCUT2D eigenvalue weighted by molar-refractivity contribution is 7.86. The van der Waals surface area contributed by atoms with Crippen molar-refractivity contribution in [3.63, 3.8) is 0 Å². The van der Waals surface area contributed by atoms with Crippen molar-refractivity contribution in [3.8, 4) is 0 Å². The van der Waals surface area contributed by atoms with Crippen LogP contribution in [0, 0.1) is 0 Å². The van der Waals surface area contributed by atoms with E-state index in [9.17, 15) is 25.9 Å². The standard InChI is InChI=1S/C28H24N2O6S2/c1-29-23-9-5-3-7-19(23)27(21-13-11-17(15-25(21)29)37(31,32)33)28-20-8-4-6-10-24(20)30(2)26-16-18(38(34,35)36)12-14-22(26)28/h3-16,27-28H,1-2H3,(H,31,32,33)(H,34,35,36). The van der Waals surface area contributed by atoms with Gasteiger partial charge in [0.25, 0.3) is 20.2 Å². The molecule has 0 radical (unpaired) electrons. The Morgan fingerprint density at radius 3 is 1.24 bits per heavy atom. The lowest BCUT2D eigenvalue weighted by Crippen LogP contribution is -2.30. The van der Waals surface area contributed by atoms with Crippen molar-refractivity contribution in [2.75, 3.05) is 23.9 Å². The van der Waals surface area contributed by atoms with Gasteiger partial charge in [-0.15, -0.1) is 0 Å². The van der Waals surface area contributed by atoms with Crippen LogP contribution in [0.3, 0.4) is 0 Å². The second-order valence-electron chi connectivity index (χ2n) is 9.58. The fraction of sp³-hybridized carbons (Fsp3) is 0.143. The predicted molar refractivity (Wildman–Crippen MR) is 145 cm³/mol. The van der Waals surface area contributed by atoms with E-state index in [0.29, 0.717) is 11.4 Å². The molecule has 0 saturated carbocycles. The quantitative estimate of drug-likeness (QED) is 0.331. The van der Waals surface area contributed by atoms with E-state index in [-0.39, 0.29) is 21.6 Å². The lowest BCUT2D eigenvalue weighted by molar-refractivity contribution is 0.480. The van der Waals surface area contributed by atoms with Crippen LogP contribution in [0.2, 0.25) is 0 Å². The van der Waals surface area contributed by atoms with E-state index in [0.717, 1.165) is 33.6 Å². The highest BCUT2D eigenvalue weighted by atomic mass is 32.2. The molecular formula is C28H24N2O6S2. The van der Waals surface area contributed by atoms with Gasteiger partial charge >= 0.3 is 0 Å². The monoisotopic (exact) mass is 548 g/mol. The summed E-state index contributed by atoms with van der Waals surface area (Å²) in [7, 11) is -5.12. The first-order chi connectivity index (χ1) is 18.0. The minimum atomic E-state index is -4.42. The average Bonchev–Trinajstić information content (AvgIpc) is 2.89. The lowest BCUT2D eigenvalue weighted by atomic mass is 9.69. The zero-order valence-corrected chi connectivity index (χ0v) is 22.1. The molecule has 0 saturated heterocycles. The van der Waals surface area contributed by atoms with Crippen LogP contribution in [-0.4, -0.2) is 40.0 Å². The molecule has 0 aliphatic carbocycles. The van der Waals surface area contributed by atoms with Crippen LogP contribution in [0.4, 0.5) is 22.7 Å². The average molecular weight is 549 g/mol. The van der Waals surface area contributed by atoms with Crippen LogP contribution in [0.15, 0.2) is 94.7 Å². The van der Waals surface area contributed by atoms with Gasteiger partial charge in [0.2, 0.25) is 0 Å². The molecule has 10 heteroatoms. The van der Waals surface area contributed by atoms with Crippen molar-refractivity contribution in [1.29, 1.82) is 0 Å². The van der Waals surface area contributed by atoms with Crippen LogP contribution in [0.1, 0.15) is 34.1 Å². The highest BCUT2D eigenvalue weighted by Gasteiger charge is 2.41. The summed E-state index contributed by atoms with van der Waals surface area (Å²) in [6, 6.07) is 25.0. The zero-order chi connectivity index (χ0) is 27.0. The maximum atomic E-state index is 12.0. The predicted octanol–water partition coefficient (Wildman–Crippen LogP) is 5.31. The molecule has 0 fully saturated rings. The number of fused-ring (bicyclic) bond motifs is 4. The molecule has 2 atom stereocenters. The van der Waals surface area contributed by atoms with Gasteiger partial charge < -0.3 is 9.80 Å². The largest absolute Gasteiger partial charge is 0.344 e. The van der Waals surface area contributed by atoms with E-state index in [1.54, 1.807) is 12.1 Å². The summed E-state index contributed by atoms with van der Waals surface area (Å²) >= 11 is 0. The van der Waals surface area contributed by atoms with Crippen molar-refractivity contribution in [1.82, 2.24) is 0 Å².